The summed E-state index contributed by atoms with van der Waals surface area (Å²) in [5, 5.41) is 9.89. The SMILES string of the molecule is [2H]C([2H])(CCCCCCCCCCCCC)C([2H])([2H])CCCCCCCCCCC(=O)OC[C@@H](O)COP(=O)(O)OCC[N+](C)(C)C. The lowest BCUT2D eigenvalue weighted by Gasteiger charge is -2.24. The Hall–Kier alpha value is -0.500. The molecule has 0 aliphatic rings. The molecular weight excluding hydrogens is 565 g/mol. The first kappa shape index (κ1) is 35.4. The molecule has 2 N–H and O–H groups in total. The third-order valence-electron chi connectivity index (χ3n) is 7.35. The number of phosphoric ester groups is 1. The molecule has 0 aliphatic heterocycles. The van der Waals surface area contributed by atoms with Gasteiger partial charge in [0.2, 0.25) is 0 Å². The lowest BCUT2D eigenvalue weighted by Crippen LogP contribution is -2.37. The smallest absolute Gasteiger partial charge is 0.463 e. The van der Waals surface area contributed by atoms with Crippen LogP contribution in [-0.2, 0) is 23.1 Å². The van der Waals surface area contributed by atoms with Gasteiger partial charge in [0, 0.05) is 11.9 Å². The van der Waals surface area contributed by atoms with Crippen LogP contribution in [0.1, 0.15) is 166 Å². The second kappa shape index (κ2) is 28.9. The van der Waals surface area contributed by atoms with Crippen molar-refractivity contribution in [3.05, 3.63) is 0 Å². The fraction of sp³-hybridized carbons (Fsp3) is 0.971. The van der Waals surface area contributed by atoms with Gasteiger partial charge >= 0.3 is 13.8 Å². The number of nitrogens with zero attached hydrogens (tertiary/aromatic N) is 1. The number of phosphoric acid groups is 1. The van der Waals surface area contributed by atoms with E-state index in [0.29, 0.717) is 30.3 Å². The van der Waals surface area contributed by atoms with Crippen molar-refractivity contribution >= 4 is 13.8 Å². The zero-order valence-electron chi connectivity index (χ0n) is 32.3. The molecule has 0 aromatic carbocycles. The molecule has 43 heavy (non-hydrogen) atoms. The van der Waals surface area contributed by atoms with E-state index in [1.807, 2.05) is 21.1 Å². The molecule has 0 saturated heterocycles. The zero-order chi connectivity index (χ0) is 35.7. The number of rotatable bonds is 33. The molecule has 1 unspecified atom stereocenters. The summed E-state index contributed by atoms with van der Waals surface area (Å²) in [6, 6.07) is 0. The summed E-state index contributed by atoms with van der Waals surface area (Å²) in [6.45, 7) is 1.97. The van der Waals surface area contributed by atoms with Crippen LogP contribution in [0.2, 0.25) is 0 Å². The third kappa shape index (κ3) is 34.2. The van der Waals surface area contributed by atoms with Gasteiger partial charge in [0.1, 0.15) is 25.9 Å². The van der Waals surface area contributed by atoms with Gasteiger partial charge in [0.15, 0.2) is 0 Å². The van der Waals surface area contributed by atoms with Crippen LogP contribution < -0.4 is 0 Å². The molecule has 0 spiro atoms. The van der Waals surface area contributed by atoms with E-state index < -0.39 is 39.2 Å². The minimum atomic E-state index is -4.29. The minimum absolute atomic E-state index is 0.0283. The van der Waals surface area contributed by atoms with Crippen molar-refractivity contribution in [2.24, 2.45) is 0 Å². The highest BCUT2D eigenvalue weighted by atomic mass is 31.2. The van der Waals surface area contributed by atoms with Crippen molar-refractivity contribution in [1.82, 2.24) is 0 Å². The quantitative estimate of drug-likeness (QED) is 0.0319. The highest BCUT2D eigenvalue weighted by Gasteiger charge is 2.24. The fourth-order valence-electron chi connectivity index (χ4n) is 4.55. The molecule has 0 saturated carbocycles. The molecule has 0 rings (SSSR count). The number of likely N-dealkylation sites (N-methyl/N-ethyl adjacent to an activating group) is 1. The second-order valence-electron chi connectivity index (χ2n) is 12.9. The molecule has 0 radical (unpaired) electrons. The fourth-order valence-corrected chi connectivity index (χ4v) is 5.30. The van der Waals surface area contributed by atoms with Gasteiger partial charge in [-0.1, -0.05) is 148 Å². The van der Waals surface area contributed by atoms with Crippen molar-refractivity contribution in [3.63, 3.8) is 0 Å². The van der Waals surface area contributed by atoms with E-state index >= 15 is 0 Å². The summed E-state index contributed by atoms with van der Waals surface area (Å²) < 4.78 is 60.5. The van der Waals surface area contributed by atoms with Crippen molar-refractivity contribution < 1.29 is 43.1 Å². The molecule has 0 heterocycles. The number of ether oxygens (including phenoxy) is 1. The van der Waals surface area contributed by atoms with Gasteiger partial charge in [-0.05, 0) is 6.42 Å². The number of quaternary nitrogens is 1. The Morgan fingerprint density at radius 1 is 0.698 bits per heavy atom. The molecular formula is C34H71NO7P+. The molecule has 258 valence electrons. The molecule has 0 aromatic heterocycles. The summed E-state index contributed by atoms with van der Waals surface area (Å²) in [7, 11) is 1.47. The van der Waals surface area contributed by atoms with E-state index in [-0.39, 0.29) is 26.1 Å². The van der Waals surface area contributed by atoms with Crippen LogP contribution >= 0.6 is 7.82 Å². The molecule has 0 aromatic rings. The lowest BCUT2D eigenvalue weighted by molar-refractivity contribution is -0.870. The monoisotopic (exact) mass is 641 g/mol. The predicted octanol–water partition coefficient (Wildman–Crippen LogP) is 9.11. The largest absolute Gasteiger partial charge is 0.472 e. The topological polar surface area (TPSA) is 102 Å². The molecule has 0 bridgehead atoms. The predicted molar refractivity (Wildman–Crippen MR) is 178 cm³/mol. The number of esters is 1. The van der Waals surface area contributed by atoms with Gasteiger partial charge in [-0.3, -0.25) is 13.8 Å². The van der Waals surface area contributed by atoms with Crippen LogP contribution in [0, 0.1) is 0 Å². The van der Waals surface area contributed by atoms with Gasteiger partial charge < -0.3 is 19.2 Å². The second-order valence-corrected chi connectivity index (χ2v) is 14.4. The maximum atomic E-state index is 11.9. The van der Waals surface area contributed by atoms with E-state index in [4.69, 9.17) is 19.3 Å². The van der Waals surface area contributed by atoms with Crippen molar-refractivity contribution in [3.8, 4) is 0 Å². The minimum Gasteiger partial charge on any atom is -0.463 e. The summed E-state index contributed by atoms with van der Waals surface area (Å²) >= 11 is 0. The van der Waals surface area contributed by atoms with Gasteiger partial charge in [-0.15, -0.1) is 0 Å². The van der Waals surface area contributed by atoms with Crippen LogP contribution in [0.15, 0.2) is 0 Å². The normalized spacial score (nSPS) is 16.1. The third-order valence-corrected chi connectivity index (χ3v) is 8.33. The molecule has 8 nitrogen and oxygen atoms in total. The van der Waals surface area contributed by atoms with Crippen LogP contribution in [0.3, 0.4) is 0 Å². The van der Waals surface area contributed by atoms with E-state index in [2.05, 4.69) is 6.92 Å². The van der Waals surface area contributed by atoms with Gasteiger partial charge in [-0.2, -0.15) is 0 Å². The maximum absolute atomic E-state index is 11.9. The molecule has 0 aliphatic carbocycles. The van der Waals surface area contributed by atoms with Crippen molar-refractivity contribution in [2.75, 3.05) is 47.5 Å². The van der Waals surface area contributed by atoms with Gasteiger partial charge in [0.25, 0.3) is 0 Å². The molecule has 0 amide bonds. The summed E-state index contributed by atoms with van der Waals surface area (Å²) in [5.74, 6) is -0.437. The van der Waals surface area contributed by atoms with Crippen LogP contribution in [0.4, 0.5) is 0 Å². The maximum Gasteiger partial charge on any atom is 0.472 e. The van der Waals surface area contributed by atoms with Crippen LogP contribution in [0.25, 0.3) is 0 Å². The first-order chi connectivity index (χ1) is 22.0. The lowest BCUT2D eigenvalue weighted by atomic mass is 10.0. The van der Waals surface area contributed by atoms with Crippen molar-refractivity contribution in [1.29, 1.82) is 0 Å². The average molecular weight is 641 g/mol. The average Bonchev–Trinajstić information content (AvgIpc) is 2.97. The Morgan fingerprint density at radius 2 is 1.12 bits per heavy atom. The van der Waals surface area contributed by atoms with Gasteiger partial charge in [-0.25, -0.2) is 4.57 Å². The van der Waals surface area contributed by atoms with E-state index in [1.54, 1.807) is 0 Å². The first-order valence-corrected chi connectivity index (χ1v) is 18.8. The Balaban J connectivity index is 3.79. The Kier molecular flexibility index (Phi) is 23.8. The van der Waals surface area contributed by atoms with E-state index in [0.717, 1.165) is 57.8 Å². The van der Waals surface area contributed by atoms with Crippen molar-refractivity contribution in [2.45, 2.75) is 167 Å². The van der Waals surface area contributed by atoms with Crippen LogP contribution in [0.5, 0.6) is 0 Å². The van der Waals surface area contributed by atoms with Gasteiger partial charge in [0.05, 0.1) is 27.7 Å². The summed E-state index contributed by atoms with van der Waals surface area (Å²) in [6.07, 6.45) is 16.3. The summed E-state index contributed by atoms with van der Waals surface area (Å²) in [4.78, 5) is 21.6. The zero-order valence-corrected chi connectivity index (χ0v) is 29.2. The molecule has 0 fully saturated rings. The molecule has 9 heteroatoms. The highest BCUT2D eigenvalue weighted by Crippen LogP contribution is 2.43. The van der Waals surface area contributed by atoms with E-state index in [1.165, 1.54) is 51.4 Å². The Bertz CT molecular complexity index is 831. The molecule has 2 atom stereocenters. The summed E-state index contributed by atoms with van der Waals surface area (Å²) in [5.41, 5.74) is 0. The standard InChI is InChI=1S/C34H70NO7P/c1-5-6-7-8-9-10-11-12-13-14-15-16-17-18-19-20-21-22-23-24-25-26-27-28-34(37)40-31-33(36)32-42-43(38,39)41-30-29-35(2,3)4/h33,36H,5-32H2,1-4H3/p+1/t33-/m1/s1/i17D2,18D2. The number of hydrogen-bond donors (Lipinski definition) is 2. The van der Waals surface area contributed by atoms with E-state index in [9.17, 15) is 19.4 Å². The number of carbonyl (C=O) groups excluding carboxylic acids is 1. The number of unbranched alkanes of at least 4 members (excludes halogenated alkanes) is 17. The number of aliphatic hydroxyl groups is 1. The number of hydrogen-bond acceptors (Lipinski definition) is 6. The Morgan fingerprint density at radius 3 is 1.56 bits per heavy atom. The number of carbonyl (C=O) groups is 1. The first-order valence-electron chi connectivity index (χ1n) is 19.3. The highest BCUT2D eigenvalue weighted by molar-refractivity contribution is 7.47. The van der Waals surface area contributed by atoms with Crippen LogP contribution in [-0.4, -0.2) is 74.1 Å². The number of aliphatic hydroxyl groups excluding tert-OH is 1. The Labute approximate surface area is 271 Å².